The van der Waals surface area contributed by atoms with Gasteiger partial charge in [0.05, 0.1) is 10.5 Å². The first-order valence-electron chi connectivity index (χ1n) is 6.04. The van der Waals surface area contributed by atoms with Crippen molar-refractivity contribution in [1.82, 2.24) is 0 Å². The predicted molar refractivity (Wildman–Crippen MR) is 64.7 cm³/mol. The van der Waals surface area contributed by atoms with E-state index in [1.807, 2.05) is 12.2 Å². The van der Waals surface area contributed by atoms with Crippen LogP contribution in [0.1, 0.15) is 52.4 Å². The Bertz CT molecular complexity index is 280. The molecule has 15 heavy (non-hydrogen) atoms. The standard InChI is InChI=1S/C12H22O2S/c1-3-5-7-11-9-10-12(8-6-4-2)15(11,13)14/h9-12H,3-8H2,1-2H3/t11-,12-/m0/s1. The first-order valence-corrected chi connectivity index (χ1v) is 7.64. The molecule has 1 aliphatic heterocycles. The molecule has 0 amide bonds. The molecule has 0 fully saturated rings. The monoisotopic (exact) mass is 230 g/mol. The van der Waals surface area contributed by atoms with Crippen molar-refractivity contribution in [3.63, 3.8) is 0 Å². The highest BCUT2D eigenvalue weighted by Gasteiger charge is 2.34. The highest BCUT2D eigenvalue weighted by Crippen LogP contribution is 2.27. The zero-order valence-electron chi connectivity index (χ0n) is 9.78. The summed E-state index contributed by atoms with van der Waals surface area (Å²) >= 11 is 0. The fraction of sp³-hybridized carbons (Fsp3) is 0.833. The number of sulfone groups is 1. The number of unbranched alkanes of at least 4 members (excludes halogenated alkanes) is 2. The molecule has 0 aromatic rings. The third kappa shape index (κ3) is 3.07. The van der Waals surface area contributed by atoms with Crippen LogP contribution in [0.25, 0.3) is 0 Å². The molecule has 1 aliphatic rings. The molecule has 0 aromatic carbocycles. The second-order valence-electron chi connectivity index (χ2n) is 4.34. The van der Waals surface area contributed by atoms with Gasteiger partial charge in [-0.2, -0.15) is 0 Å². The van der Waals surface area contributed by atoms with Crippen molar-refractivity contribution in [2.75, 3.05) is 0 Å². The van der Waals surface area contributed by atoms with Crippen LogP contribution in [-0.4, -0.2) is 18.9 Å². The SMILES string of the molecule is CCCC[C@H]1C=C[C@H](CCCC)S1(=O)=O. The summed E-state index contributed by atoms with van der Waals surface area (Å²) in [6.45, 7) is 4.19. The van der Waals surface area contributed by atoms with E-state index in [1.54, 1.807) is 0 Å². The lowest BCUT2D eigenvalue weighted by atomic mass is 10.1. The summed E-state index contributed by atoms with van der Waals surface area (Å²) in [5.41, 5.74) is 0. The molecule has 0 saturated heterocycles. The van der Waals surface area contributed by atoms with E-state index >= 15 is 0 Å². The van der Waals surface area contributed by atoms with Gasteiger partial charge in [0.15, 0.2) is 9.84 Å². The molecule has 0 spiro atoms. The van der Waals surface area contributed by atoms with Gasteiger partial charge in [-0.25, -0.2) is 8.42 Å². The van der Waals surface area contributed by atoms with Crippen LogP contribution in [0, 0.1) is 0 Å². The Morgan fingerprint density at radius 3 is 1.67 bits per heavy atom. The van der Waals surface area contributed by atoms with Crippen molar-refractivity contribution in [1.29, 1.82) is 0 Å². The second-order valence-corrected chi connectivity index (χ2v) is 6.72. The Morgan fingerprint density at radius 1 is 0.933 bits per heavy atom. The van der Waals surface area contributed by atoms with E-state index in [9.17, 15) is 8.42 Å². The van der Waals surface area contributed by atoms with Gasteiger partial charge in [0.1, 0.15) is 0 Å². The summed E-state index contributed by atoms with van der Waals surface area (Å²) in [5, 5.41) is -0.390. The normalized spacial score (nSPS) is 28.4. The maximum atomic E-state index is 12.0. The van der Waals surface area contributed by atoms with Crippen molar-refractivity contribution in [3.05, 3.63) is 12.2 Å². The minimum atomic E-state index is -2.88. The first-order chi connectivity index (χ1) is 7.12. The second kappa shape index (κ2) is 5.69. The van der Waals surface area contributed by atoms with Crippen LogP contribution < -0.4 is 0 Å². The number of rotatable bonds is 6. The third-order valence-electron chi connectivity index (χ3n) is 3.07. The van der Waals surface area contributed by atoms with E-state index in [1.165, 1.54) is 0 Å². The molecule has 0 unspecified atom stereocenters. The maximum absolute atomic E-state index is 12.0. The molecule has 1 heterocycles. The van der Waals surface area contributed by atoms with Crippen LogP contribution in [0.15, 0.2) is 12.2 Å². The summed E-state index contributed by atoms with van der Waals surface area (Å²) in [7, 11) is -2.88. The van der Waals surface area contributed by atoms with Crippen LogP contribution >= 0.6 is 0 Å². The molecule has 0 radical (unpaired) electrons. The molecule has 1 rings (SSSR count). The van der Waals surface area contributed by atoms with Gasteiger partial charge in [0.2, 0.25) is 0 Å². The first kappa shape index (κ1) is 12.8. The van der Waals surface area contributed by atoms with Crippen LogP contribution in [-0.2, 0) is 9.84 Å². The molecule has 0 aromatic heterocycles. The molecular formula is C12H22O2S. The number of hydrogen-bond acceptors (Lipinski definition) is 2. The van der Waals surface area contributed by atoms with Gasteiger partial charge >= 0.3 is 0 Å². The average molecular weight is 230 g/mol. The molecule has 0 bridgehead atoms. The van der Waals surface area contributed by atoms with E-state index in [-0.39, 0.29) is 10.5 Å². The van der Waals surface area contributed by atoms with Crippen molar-refractivity contribution < 1.29 is 8.42 Å². The molecule has 88 valence electrons. The highest BCUT2D eigenvalue weighted by molar-refractivity contribution is 7.93. The van der Waals surface area contributed by atoms with Crippen molar-refractivity contribution in [3.8, 4) is 0 Å². The Labute approximate surface area is 93.7 Å². The molecule has 0 saturated carbocycles. The zero-order chi connectivity index (χ0) is 11.3. The Hall–Kier alpha value is -0.310. The van der Waals surface area contributed by atoms with Gasteiger partial charge in [-0.3, -0.25) is 0 Å². The van der Waals surface area contributed by atoms with E-state index in [2.05, 4.69) is 13.8 Å². The van der Waals surface area contributed by atoms with Gasteiger partial charge in [0.25, 0.3) is 0 Å². The van der Waals surface area contributed by atoms with Gasteiger partial charge < -0.3 is 0 Å². The third-order valence-corrected chi connectivity index (χ3v) is 5.54. The van der Waals surface area contributed by atoms with Gasteiger partial charge in [-0.1, -0.05) is 51.7 Å². The van der Waals surface area contributed by atoms with Gasteiger partial charge in [0, 0.05) is 0 Å². The van der Waals surface area contributed by atoms with Crippen LogP contribution in [0.3, 0.4) is 0 Å². The summed E-state index contributed by atoms with van der Waals surface area (Å²) < 4.78 is 24.1. The van der Waals surface area contributed by atoms with Crippen LogP contribution in [0.5, 0.6) is 0 Å². The fourth-order valence-corrected chi connectivity index (χ4v) is 4.08. The Kier molecular flexibility index (Phi) is 4.84. The Morgan fingerprint density at radius 2 is 1.33 bits per heavy atom. The smallest absolute Gasteiger partial charge is 0.163 e. The van der Waals surface area contributed by atoms with E-state index in [0.717, 1.165) is 38.5 Å². The van der Waals surface area contributed by atoms with Crippen molar-refractivity contribution in [2.24, 2.45) is 0 Å². The van der Waals surface area contributed by atoms with Crippen molar-refractivity contribution >= 4 is 9.84 Å². The molecular weight excluding hydrogens is 208 g/mol. The largest absolute Gasteiger partial charge is 0.228 e. The fourth-order valence-electron chi connectivity index (χ4n) is 2.02. The van der Waals surface area contributed by atoms with Gasteiger partial charge in [-0.05, 0) is 12.8 Å². The summed E-state index contributed by atoms with van der Waals surface area (Å²) in [5.74, 6) is 0. The topological polar surface area (TPSA) is 34.1 Å². The molecule has 3 heteroatoms. The lowest BCUT2D eigenvalue weighted by Crippen LogP contribution is -2.24. The van der Waals surface area contributed by atoms with E-state index in [0.29, 0.717) is 0 Å². The van der Waals surface area contributed by atoms with E-state index in [4.69, 9.17) is 0 Å². The minimum absolute atomic E-state index is 0.195. The molecule has 2 atom stereocenters. The Balaban J connectivity index is 2.56. The van der Waals surface area contributed by atoms with Crippen molar-refractivity contribution in [2.45, 2.75) is 62.9 Å². The summed E-state index contributed by atoms with van der Waals surface area (Å²) in [4.78, 5) is 0. The van der Waals surface area contributed by atoms with Crippen LogP contribution in [0.2, 0.25) is 0 Å². The summed E-state index contributed by atoms with van der Waals surface area (Å²) in [6, 6.07) is 0. The van der Waals surface area contributed by atoms with Crippen LogP contribution in [0.4, 0.5) is 0 Å². The average Bonchev–Trinajstić information content (AvgIpc) is 2.48. The number of hydrogen-bond donors (Lipinski definition) is 0. The molecule has 0 aliphatic carbocycles. The quantitative estimate of drug-likeness (QED) is 0.657. The predicted octanol–water partition coefficient (Wildman–Crippen LogP) is 3.09. The zero-order valence-corrected chi connectivity index (χ0v) is 10.6. The molecule has 0 N–H and O–H groups in total. The maximum Gasteiger partial charge on any atom is 0.163 e. The molecule has 2 nitrogen and oxygen atoms in total. The minimum Gasteiger partial charge on any atom is -0.228 e. The lowest BCUT2D eigenvalue weighted by molar-refractivity contribution is 0.570. The summed E-state index contributed by atoms with van der Waals surface area (Å²) in [6.07, 6.45) is 9.58. The van der Waals surface area contributed by atoms with Gasteiger partial charge in [-0.15, -0.1) is 0 Å². The lowest BCUT2D eigenvalue weighted by Gasteiger charge is -2.13. The van der Waals surface area contributed by atoms with E-state index < -0.39 is 9.84 Å². The highest BCUT2D eigenvalue weighted by atomic mass is 32.2.